The summed E-state index contributed by atoms with van der Waals surface area (Å²) in [6.07, 6.45) is 1.00. The van der Waals surface area contributed by atoms with Crippen LogP contribution in [0.4, 0.5) is 5.13 Å². The Bertz CT molecular complexity index is 824. The van der Waals surface area contributed by atoms with Crippen LogP contribution in [0.5, 0.6) is 0 Å². The first kappa shape index (κ1) is 17.1. The summed E-state index contributed by atoms with van der Waals surface area (Å²) >= 11 is 3.08. The van der Waals surface area contributed by atoms with Crippen molar-refractivity contribution in [1.82, 2.24) is 4.98 Å². The van der Waals surface area contributed by atoms with Gasteiger partial charge in [0.05, 0.1) is 42.3 Å². The monoisotopic (exact) mass is 360 g/mol. The summed E-state index contributed by atoms with van der Waals surface area (Å²) in [6.45, 7) is 3.70. The van der Waals surface area contributed by atoms with Gasteiger partial charge in [0.25, 0.3) is 5.91 Å². The Morgan fingerprint density at radius 2 is 2.12 bits per heavy atom. The minimum absolute atomic E-state index is 0.0426. The van der Waals surface area contributed by atoms with Crippen LogP contribution in [-0.2, 0) is 6.42 Å². The molecule has 2 heterocycles. The highest BCUT2D eigenvalue weighted by Crippen LogP contribution is 2.30. The third-order valence-corrected chi connectivity index (χ3v) is 5.79. The maximum Gasteiger partial charge on any atom is 0.270 e. The standard InChI is InChI=1S/C18H21N3OS2/c1-4-13-7-8-14-16(12-13)24-18(19-14)21(10-9-20(2)3)17(22)15-6-5-11-23-15/h5-8,11-12H,4,9-10H2,1-3H3/p+1. The highest BCUT2D eigenvalue weighted by atomic mass is 32.1. The minimum atomic E-state index is 0.0426. The van der Waals surface area contributed by atoms with Crippen molar-refractivity contribution < 1.29 is 9.69 Å². The van der Waals surface area contributed by atoms with Gasteiger partial charge in [0.2, 0.25) is 0 Å². The van der Waals surface area contributed by atoms with Crippen LogP contribution in [-0.4, -0.2) is 38.1 Å². The quantitative estimate of drug-likeness (QED) is 0.734. The van der Waals surface area contributed by atoms with Crippen LogP contribution < -0.4 is 9.80 Å². The van der Waals surface area contributed by atoms with Crippen molar-refractivity contribution >= 4 is 43.9 Å². The van der Waals surface area contributed by atoms with E-state index in [1.54, 1.807) is 11.3 Å². The highest BCUT2D eigenvalue weighted by molar-refractivity contribution is 7.22. The normalized spacial score (nSPS) is 11.3. The van der Waals surface area contributed by atoms with Crippen LogP contribution in [0.2, 0.25) is 0 Å². The van der Waals surface area contributed by atoms with E-state index >= 15 is 0 Å². The molecule has 126 valence electrons. The number of hydrogen-bond donors (Lipinski definition) is 1. The molecule has 1 amide bonds. The van der Waals surface area contributed by atoms with Crippen LogP contribution >= 0.6 is 22.7 Å². The SMILES string of the molecule is CCc1ccc2nc(N(CC[NH+](C)C)C(=O)c3cccs3)sc2c1. The number of hydrogen-bond acceptors (Lipinski definition) is 4. The predicted molar refractivity (Wildman–Crippen MR) is 103 cm³/mol. The Morgan fingerprint density at radius 3 is 2.79 bits per heavy atom. The average Bonchev–Trinajstić information content (AvgIpc) is 3.23. The number of likely N-dealkylation sites (N-methyl/N-ethyl adjacent to an activating group) is 1. The number of amides is 1. The second kappa shape index (κ2) is 7.42. The summed E-state index contributed by atoms with van der Waals surface area (Å²) in [5.74, 6) is 0.0426. The molecule has 1 N–H and O–H groups in total. The zero-order chi connectivity index (χ0) is 17.1. The first-order chi connectivity index (χ1) is 11.6. The number of carbonyl (C=O) groups excluding carboxylic acids is 1. The third kappa shape index (κ3) is 3.66. The molecule has 0 radical (unpaired) electrons. The van der Waals surface area contributed by atoms with Crippen molar-refractivity contribution in [3.63, 3.8) is 0 Å². The van der Waals surface area contributed by atoms with Gasteiger partial charge in [-0.15, -0.1) is 11.3 Å². The zero-order valence-corrected chi connectivity index (χ0v) is 15.8. The van der Waals surface area contributed by atoms with E-state index < -0.39 is 0 Å². The van der Waals surface area contributed by atoms with Crippen LogP contribution in [0.15, 0.2) is 35.7 Å². The Balaban J connectivity index is 1.96. The van der Waals surface area contributed by atoms with Gasteiger partial charge in [-0.3, -0.25) is 9.69 Å². The van der Waals surface area contributed by atoms with Gasteiger partial charge < -0.3 is 4.90 Å². The lowest BCUT2D eigenvalue weighted by molar-refractivity contribution is -0.856. The Kier molecular flexibility index (Phi) is 5.28. The molecule has 4 nitrogen and oxygen atoms in total. The summed E-state index contributed by atoms with van der Waals surface area (Å²) in [5.41, 5.74) is 2.26. The number of aromatic nitrogens is 1. The number of nitrogens with one attached hydrogen (secondary N) is 1. The fourth-order valence-corrected chi connectivity index (χ4v) is 4.17. The summed E-state index contributed by atoms with van der Waals surface area (Å²) in [6, 6.07) is 10.1. The van der Waals surface area contributed by atoms with E-state index in [9.17, 15) is 4.79 Å². The van der Waals surface area contributed by atoms with E-state index in [-0.39, 0.29) is 5.91 Å². The largest absolute Gasteiger partial charge is 0.338 e. The lowest BCUT2D eigenvalue weighted by atomic mass is 10.2. The molecule has 0 atom stereocenters. The van der Waals surface area contributed by atoms with Crippen LogP contribution in [0.3, 0.4) is 0 Å². The summed E-state index contributed by atoms with van der Waals surface area (Å²) in [7, 11) is 4.19. The Hall–Kier alpha value is -1.76. The Labute approximate surface area is 150 Å². The zero-order valence-electron chi connectivity index (χ0n) is 14.2. The average molecular weight is 361 g/mol. The first-order valence-electron chi connectivity index (χ1n) is 8.12. The third-order valence-electron chi connectivity index (χ3n) is 3.89. The molecule has 0 aliphatic rings. The number of anilines is 1. The van der Waals surface area contributed by atoms with Crippen molar-refractivity contribution in [3.8, 4) is 0 Å². The molecule has 0 unspecified atom stereocenters. The number of nitrogens with zero attached hydrogens (tertiary/aromatic N) is 2. The van der Waals surface area contributed by atoms with Gasteiger partial charge in [0, 0.05) is 0 Å². The van der Waals surface area contributed by atoms with E-state index in [4.69, 9.17) is 4.98 Å². The van der Waals surface area contributed by atoms with E-state index in [0.29, 0.717) is 6.54 Å². The molecule has 0 fully saturated rings. The molecule has 0 aliphatic carbocycles. The minimum Gasteiger partial charge on any atom is -0.338 e. The number of thiophene rings is 1. The fourth-order valence-electron chi connectivity index (χ4n) is 2.44. The van der Waals surface area contributed by atoms with Gasteiger partial charge in [0.15, 0.2) is 5.13 Å². The molecule has 24 heavy (non-hydrogen) atoms. The number of aryl methyl sites for hydroxylation is 1. The highest BCUT2D eigenvalue weighted by Gasteiger charge is 2.22. The van der Waals surface area contributed by atoms with Gasteiger partial charge in [-0.1, -0.05) is 30.4 Å². The number of carbonyl (C=O) groups is 1. The summed E-state index contributed by atoms with van der Waals surface area (Å²) in [4.78, 5) is 21.5. The van der Waals surface area contributed by atoms with E-state index in [1.165, 1.54) is 21.8 Å². The molecule has 2 aromatic heterocycles. The van der Waals surface area contributed by atoms with Gasteiger partial charge in [-0.05, 0) is 35.6 Å². The molecule has 0 bridgehead atoms. The smallest absolute Gasteiger partial charge is 0.270 e. The van der Waals surface area contributed by atoms with Crippen molar-refractivity contribution in [2.24, 2.45) is 0 Å². The number of thiazole rings is 1. The molecular formula is C18H22N3OS2+. The van der Waals surface area contributed by atoms with E-state index in [0.717, 1.165) is 33.2 Å². The van der Waals surface area contributed by atoms with E-state index in [2.05, 4.69) is 39.2 Å². The lowest BCUT2D eigenvalue weighted by Crippen LogP contribution is -3.06. The number of quaternary nitrogens is 1. The van der Waals surface area contributed by atoms with Gasteiger partial charge >= 0.3 is 0 Å². The predicted octanol–water partition coefficient (Wildman–Crippen LogP) is 2.71. The molecule has 0 aliphatic heterocycles. The maximum atomic E-state index is 12.9. The van der Waals surface area contributed by atoms with Crippen LogP contribution in [0.25, 0.3) is 10.2 Å². The molecule has 0 saturated heterocycles. The molecule has 1 aromatic carbocycles. The maximum absolute atomic E-state index is 12.9. The Morgan fingerprint density at radius 1 is 1.29 bits per heavy atom. The van der Waals surface area contributed by atoms with Crippen molar-refractivity contribution in [2.45, 2.75) is 13.3 Å². The van der Waals surface area contributed by atoms with E-state index in [1.807, 2.05) is 22.4 Å². The van der Waals surface area contributed by atoms with Crippen LogP contribution in [0, 0.1) is 0 Å². The second-order valence-electron chi connectivity index (χ2n) is 6.04. The van der Waals surface area contributed by atoms with Crippen molar-refractivity contribution in [1.29, 1.82) is 0 Å². The number of benzene rings is 1. The fraction of sp³-hybridized carbons (Fsp3) is 0.333. The lowest BCUT2D eigenvalue weighted by Gasteiger charge is -2.19. The first-order valence-corrected chi connectivity index (χ1v) is 9.82. The molecule has 6 heteroatoms. The molecule has 3 rings (SSSR count). The van der Waals surface area contributed by atoms with Crippen LogP contribution in [0.1, 0.15) is 22.2 Å². The molecular weight excluding hydrogens is 338 g/mol. The second-order valence-corrected chi connectivity index (χ2v) is 8.00. The van der Waals surface area contributed by atoms with Crippen molar-refractivity contribution in [3.05, 3.63) is 46.2 Å². The number of rotatable bonds is 6. The summed E-state index contributed by atoms with van der Waals surface area (Å²) in [5, 5.41) is 2.73. The number of fused-ring (bicyclic) bond motifs is 1. The van der Waals surface area contributed by atoms with Gasteiger partial charge in [0.1, 0.15) is 0 Å². The molecule has 0 spiro atoms. The van der Waals surface area contributed by atoms with Gasteiger partial charge in [-0.25, -0.2) is 4.98 Å². The topological polar surface area (TPSA) is 37.6 Å². The summed E-state index contributed by atoms with van der Waals surface area (Å²) < 4.78 is 1.14. The van der Waals surface area contributed by atoms with Gasteiger partial charge in [-0.2, -0.15) is 0 Å². The van der Waals surface area contributed by atoms with Crippen molar-refractivity contribution in [2.75, 3.05) is 32.1 Å². The molecule has 3 aromatic rings. The molecule has 0 saturated carbocycles.